The number of nitrogens with zero attached hydrogens (tertiary/aromatic N) is 1. The lowest BCUT2D eigenvalue weighted by atomic mass is 10.2. The first-order valence-corrected chi connectivity index (χ1v) is 9.44. The smallest absolute Gasteiger partial charge is 0.357 e. The molecule has 0 spiro atoms. The predicted molar refractivity (Wildman–Crippen MR) is 72.3 cm³/mol. The Morgan fingerprint density at radius 1 is 1.38 bits per heavy atom. The van der Waals surface area contributed by atoms with Crippen LogP contribution in [0.3, 0.4) is 0 Å². The first-order chi connectivity index (χ1) is 9.62. The summed E-state index contributed by atoms with van der Waals surface area (Å²) in [6.45, 7) is 1.40. The van der Waals surface area contributed by atoms with E-state index in [1.54, 1.807) is 0 Å². The van der Waals surface area contributed by atoms with E-state index in [0.29, 0.717) is 0 Å². The molecule has 0 saturated carbocycles. The molecule has 0 bridgehead atoms. The van der Waals surface area contributed by atoms with Gasteiger partial charge in [0.2, 0.25) is 10.0 Å². The first-order valence-electron chi connectivity index (χ1n) is 6.13. The number of carboxylic acid groups (broad SMARTS) is 1. The van der Waals surface area contributed by atoms with E-state index < -0.39 is 42.5 Å². The molecule has 0 aliphatic carbocycles. The monoisotopic (exact) mass is 337 g/mol. The molecule has 1 saturated heterocycles. The SMILES string of the molecule is Cc1[nH]nc(C(=O)O)c1S(=O)(=O)NC1CCS(=O)(=O)CC1. The Hall–Kier alpha value is -1.46. The molecule has 0 aromatic carbocycles. The van der Waals surface area contributed by atoms with Gasteiger partial charge in [0.15, 0.2) is 5.69 Å². The average Bonchev–Trinajstić information content (AvgIpc) is 2.75. The van der Waals surface area contributed by atoms with Crippen molar-refractivity contribution in [3.05, 3.63) is 11.4 Å². The van der Waals surface area contributed by atoms with Gasteiger partial charge in [0.25, 0.3) is 0 Å². The number of carboxylic acids is 1. The normalized spacial score (nSPS) is 19.5. The summed E-state index contributed by atoms with van der Waals surface area (Å²) in [7, 11) is -7.18. The van der Waals surface area contributed by atoms with Gasteiger partial charge in [-0.1, -0.05) is 0 Å². The summed E-state index contributed by atoms with van der Waals surface area (Å²) in [5.41, 5.74) is -0.466. The molecular weight excluding hydrogens is 322 g/mol. The van der Waals surface area contributed by atoms with Gasteiger partial charge in [0.1, 0.15) is 14.7 Å². The van der Waals surface area contributed by atoms with Crippen LogP contribution < -0.4 is 4.72 Å². The quantitative estimate of drug-likeness (QED) is 0.656. The standard InChI is InChI=1S/C10H15N3O6S2/c1-6-9(8(10(14)15)12-11-6)21(18,19)13-7-2-4-20(16,17)5-3-7/h7,13H,2-5H2,1H3,(H,11,12)(H,14,15). The highest BCUT2D eigenvalue weighted by Gasteiger charge is 2.32. The summed E-state index contributed by atoms with van der Waals surface area (Å²) in [6.07, 6.45) is 0.335. The summed E-state index contributed by atoms with van der Waals surface area (Å²) in [5, 5.41) is 14.7. The highest BCUT2D eigenvalue weighted by Crippen LogP contribution is 2.20. The van der Waals surface area contributed by atoms with E-state index in [2.05, 4.69) is 14.9 Å². The largest absolute Gasteiger partial charge is 0.476 e. The molecule has 0 amide bonds. The van der Waals surface area contributed by atoms with Gasteiger partial charge in [0.05, 0.1) is 17.2 Å². The van der Waals surface area contributed by atoms with Crippen LogP contribution in [-0.2, 0) is 19.9 Å². The summed E-state index contributed by atoms with van der Waals surface area (Å²) < 4.78 is 49.6. The molecule has 1 aromatic rings. The Morgan fingerprint density at radius 2 is 1.95 bits per heavy atom. The number of aromatic nitrogens is 2. The molecular formula is C10H15N3O6S2. The molecule has 0 unspecified atom stereocenters. The van der Waals surface area contributed by atoms with E-state index in [-0.39, 0.29) is 30.0 Å². The summed E-state index contributed by atoms with van der Waals surface area (Å²) in [4.78, 5) is 10.6. The van der Waals surface area contributed by atoms with Gasteiger partial charge in [-0.25, -0.2) is 26.4 Å². The summed E-state index contributed by atoms with van der Waals surface area (Å²) >= 11 is 0. The fourth-order valence-electron chi connectivity index (χ4n) is 2.18. The Balaban J connectivity index is 2.24. The van der Waals surface area contributed by atoms with E-state index in [1.807, 2.05) is 0 Å². The topological polar surface area (TPSA) is 146 Å². The number of rotatable bonds is 4. The summed E-state index contributed by atoms with van der Waals surface area (Å²) in [5.74, 6) is -1.63. The van der Waals surface area contributed by atoms with Gasteiger partial charge < -0.3 is 5.11 Å². The van der Waals surface area contributed by atoms with E-state index in [1.165, 1.54) is 6.92 Å². The number of H-pyrrole nitrogens is 1. The van der Waals surface area contributed by atoms with Crippen LogP contribution in [0.5, 0.6) is 0 Å². The number of carbonyl (C=O) groups is 1. The van der Waals surface area contributed by atoms with Crippen molar-refractivity contribution in [1.29, 1.82) is 0 Å². The van der Waals surface area contributed by atoms with Gasteiger partial charge in [-0.2, -0.15) is 5.10 Å². The molecule has 1 aromatic heterocycles. The molecule has 2 rings (SSSR count). The molecule has 0 radical (unpaired) electrons. The molecule has 118 valence electrons. The van der Waals surface area contributed by atoms with Crippen molar-refractivity contribution >= 4 is 25.8 Å². The molecule has 21 heavy (non-hydrogen) atoms. The highest BCUT2D eigenvalue weighted by molar-refractivity contribution is 7.91. The third kappa shape index (κ3) is 3.41. The van der Waals surface area contributed by atoms with Crippen LogP contribution in [0.1, 0.15) is 29.0 Å². The predicted octanol–water partition coefficient (Wildman–Crippen LogP) is -0.728. The van der Waals surface area contributed by atoms with Crippen molar-refractivity contribution in [3.8, 4) is 0 Å². The number of sulfone groups is 1. The minimum atomic E-state index is -4.08. The van der Waals surface area contributed by atoms with Crippen LogP contribution >= 0.6 is 0 Å². The maximum absolute atomic E-state index is 12.3. The molecule has 3 N–H and O–H groups in total. The average molecular weight is 337 g/mol. The molecule has 11 heteroatoms. The fraction of sp³-hybridized carbons (Fsp3) is 0.600. The van der Waals surface area contributed by atoms with Crippen molar-refractivity contribution in [1.82, 2.24) is 14.9 Å². The zero-order chi connectivity index (χ0) is 15.8. The van der Waals surface area contributed by atoms with E-state index in [9.17, 15) is 21.6 Å². The van der Waals surface area contributed by atoms with Crippen molar-refractivity contribution in [2.24, 2.45) is 0 Å². The van der Waals surface area contributed by atoms with Crippen molar-refractivity contribution < 1.29 is 26.7 Å². The molecule has 1 fully saturated rings. The Kier molecular flexibility index (Phi) is 4.08. The van der Waals surface area contributed by atoms with Crippen LogP contribution in [-0.4, -0.2) is 55.7 Å². The maximum Gasteiger partial charge on any atom is 0.357 e. The van der Waals surface area contributed by atoms with Gasteiger partial charge >= 0.3 is 5.97 Å². The Bertz CT molecular complexity index is 751. The number of sulfonamides is 1. The number of hydrogen-bond acceptors (Lipinski definition) is 6. The van der Waals surface area contributed by atoms with Gasteiger partial charge in [-0.05, 0) is 19.8 Å². The number of hydrogen-bond donors (Lipinski definition) is 3. The first kappa shape index (κ1) is 15.9. The zero-order valence-corrected chi connectivity index (χ0v) is 12.8. The fourth-order valence-corrected chi connectivity index (χ4v) is 5.30. The van der Waals surface area contributed by atoms with Crippen LogP contribution in [0.25, 0.3) is 0 Å². The lowest BCUT2D eigenvalue weighted by molar-refractivity contribution is 0.0686. The second-order valence-corrected chi connectivity index (χ2v) is 8.83. The van der Waals surface area contributed by atoms with Crippen LogP contribution in [0.15, 0.2) is 4.90 Å². The molecule has 9 nitrogen and oxygen atoms in total. The van der Waals surface area contributed by atoms with Crippen LogP contribution in [0, 0.1) is 6.92 Å². The second kappa shape index (κ2) is 5.39. The van der Waals surface area contributed by atoms with E-state index >= 15 is 0 Å². The van der Waals surface area contributed by atoms with Crippen molar-refractivity contribution in [2.75, 3.05) is 11.5 Å². The van der Waals surface area contributed by atoms with Crippen molar-refractivity contribution in [3.63, 3.8) is 0 Å². The molecule has 0 atom stereocenters. The lowest BCUT2D eigenvalue weighted by Gasteiger charge is -2.22. The molecule has 1 aliphatic rings. The molecule has 2 heterocycles. The number of nitrogens with one attached hydrogen (secondary N) is 2. The number of aryl methyl sites for hydroxylation is 1. The van der Waals surface area contributed by atoms with E-state index in [4.69, 9.17) is 5.11 Å². The van der Waals surface area contributed by atoms with Gasteiger partial charge in [0, 0.05) is 6.04 Å². The minimum absolute atomic E-state index is 0.0870. The summed E-state index contributed by atoms with van der Waals surface area (Å²) in [6, 6.07) is -0.533. The Labute approximate surface area is 121 Å². The number of aromatic amines is 1. The van der Waals surface area contributed by atoms with Crippen LogP contribution in [0.2, 0.25) is 0 Å². The van der Waals surface area contributed by atoms with Gasteiger partial charge in [-0.15, -0.1) is 0 Å². The highest BCUT2D eigenvalue weighted by atomic mass is 32.2. The lowest BCUT2D eigenvalue weighted by Crippen LogP contribution is -2.41. The molecule has 1 aliphatic heterocycles. The maximum atomic E-state index is 12.3. The van der Waals surface area contributed by atoms with E-state index in [0.717, 1.165) is 0 Å². The minimum Gasteiger partial charge on any atom is -0.476 e. The zero-order valence-electron chi connectivity index (χ0n) is 11.2. The number of aromatic carboxylic acids is 1. The third-order valence-electron chi connectivity index (χ3n) is 3.24. The third-order valence-corrected chi connectivity index (χ3v) is 6.63. The van der Waals surface area contributed by atoms with Crippen LogP contribution in [0.4, 0.5) is 0 Å². The van der Waals surface area contributed by atoms with Crippen molar-refractivity contribution in [2.45, 2.75) is 30.7 Å². The van der Waals surface area contributed by atoms with Gasteiger partial charge in [-0.3, -0.25) is 5.10 Å². The Morgan fingerprint density at radius 3 is 2.48 bits per heavy atom. The second-order valence-electron chi connectivity index (χ2n) is 4.88.